The lowest BCUT2D eigenvalue weighted by molar-refractivity contribution is -0.135. The Morgan fingerprint density at radius 1 is 1.27 bits per heavy atom. The van der Waals surface area contributed by atoms with E-state index in [0.29, 0.717) is 18.9 Å². The number of hydrogen-bond donors (Lipinski definition) is 2. The first-order valence-corrected chi connectivity index (χ1v) is 13.9. The Morgan fingerprint density at radius 3 is 2.78 bits per heavy atom. The van der Waals surface area contributed by atoms with Crippen molar-refractivity contribution in [2.45, 2.75) is 49.6 Å². The third-order valence-corrected chi connectivity index (χ3v) is 9.03. The van der Waals surface area contributed by atoms with Gasteiger partial charge in [0.25, 0.3) is 10.0 Å². The molecule has 9 nitrogen and oxygen atoms in total. The van der Waals surface area contributed by atoms with Gasteiger partial charge in [-0.05, 0) is 73.7 Å². The molecule has 2 aromatic carbocycles. The first-order chi connectivity index (χ1) is 17.6. The van der Waals surface area contributed by atoms with Crippen molar-refractivity contribution in [3.05, 3.63) is 52.8 Å². The molecule has 37 heavy (non-hydrogen) atoms. The monoisotopic (exact) mass is 531 g/mol. The number of sulfonamides is 1. The number of anilines is 1. The number of hydrogen-bond acceptors (Lipinski definition) is 6. The second-order valence-corrected chi connectivity index (χ2v) is 11.6. The Labute approximate surface area is 215 Å². The van der Waals surface area contributed by atoms with E-state index in [1.807, 2.05) is 6.92 Å². The molecule has 11 heteroatoms. The molecule has 0 bridgehead atoms. The van der Waals surface area contributed by atoms with Crippen molar-refractivity contribution >= 4 is 27.6 Å². The van der Waals surface area contributed by atoms with E-state index in [4.69, 9.17) is 4.74 Å². The maximum absolute atomic E-state index is 14.2. The van der Waals surface area contributed by atoms with Gasteiger partial charge < -0.3 is 14.7 Å². The van der Waals surface area contributed by atoms with Crippen LogP contribution in [0.5, 0.6) is 5.75 Å². The molecule has 2 heterocycles. The molecule has 3 atom stereocenters. The first-order valence-electron chi connectivity index (χ1n) is 12.4. The maximum Gasteiger partial charge on any atom is 0.341 e. The van der Waals surface area contributed by atoms with Crippen LogP contribution in [0.2, 0.25) is 0 Å². The lowest BCUT2D eigenvalue weighted by atomic mass is 10.0. The Morgan fingerprint density at radius 2 is 2.05 bits per heavy atom. The van der Waals surface area contributed by atoms with Crippen molar-refractivity contribution in [1.82, 2.24) is 9.80 Å². The number of halogens is 1. The molecule has 1 amide bonds. The van der Waals surface area contributed by atoms with Gasteiger partial charge in [-0.2, -0.15) is 0 Å². The number of amides is 1. The minimum Gasteiger partial charge on any atom is -0.492 e. The summed E-state index contributed by atoms with van der Waals surface area (Å²) in [6.45, 7) is 3.80. The number of nitrogens with zero attached hydrogens (tertiary/aromatic N) is 2. The van der Waals surface area contributed by atoms with E-state index in [9.17, 15) is 27.5 Å². The molecule has 2 N–H and O–H groups in total. The number of aromatic carboxylic acids is 1. The second-order valence-electron chi connectivity index (χ2n) is 9.96. The average molecular weight is 532 g/mol. The van der Waals surface area contributed by atoms with Gasteiger partial charge in [0.1, 0.15) is 17.1 Å². The van der Waals surface area contributed by atoms with E-state index in [2.05, 4.69) is 9.62 Å². The van der Waals surface area contributed by atoms with Gasteiger partial charge in [-0.3, -0.25) is 14.4 Å². The number of carbonyl (C=O) groups is 2. The SMILES string of the molecule is CCN1CCC[C@@H]1C(=O)N(C)Cc1cc(F)ccc1S(=O)(=O)Nc1ccc2c(c1C(=O)O)OC[C@H]1C[C@@H]21. The summed E-state index contributed by atoms with van der Waals surface area (Å²) in [5.74, 6) is -1.32. The number of benzene rings is 2. The molecule has 0 aromatic heterocycles. The fraction of sp³-hybridized carbons (Fsp3) is 0.462. The Balaban J connectivity index is 1.44. The van der Waals surface area contributed by atoms with Crippen LogP contribution in [0.3, 0.4) is 0 Å². The highest BCUT2D eigenvalue weighted by Gasteiger charge is 2.45. The van der Waals surface area contributed by atoms with Crippen LogP contribution in [0.15, 0.2) is 35.2 Å². The van der Waals surface area contributed by atoms with Crippen LogP contribution in [-0.4, -0.2) is 68.0 Å². The normalized spacial score (nSPS) is 22.5. The van der Waals surface area contributed by atoms with Crippen molar-refractivity contribution < 1.29 is 32.2 Å². The lowest BCUT2D eigenvalue weighted by Crippen LogP contribution is -2.43. The largest absolute Gasteiger partial charge is 0.492 e. The number of carboxylic acid groups (broad SMARTS) is 1. The molecule has 1 aliphatic carbocycles. The summed E-state index contributed by atoms with van der Waals surface area (Å²) >= 11 is 0. The summed E-state index contributed by atoms with van der Waals surface area (Å²) < 4.78 is 49.2. The van der Waals surface area contributed by atoms with Crippen molar-refractivity contribution in [3.8, 4) is 5.75 Å². The summed E-state index contributed by atoms with van der Waals surface area (Å²) in [5, 5.41) is 9.89. The third-order valence-electron chi connectivity index (χ3n) is 7.56. The average Bonchev–Trinajstić information content (AvgIpc) is 3.49. The highest BCUT2D eigenvalue weighted by atomic mass is 32.2. The van der Waals surface area contributed by atoms with E-state index >= 15 is 0 Å². The van der Waals surface area contributed by atoms with Gasteiger partial charge in [0.05, 0.1) is 23.2 Å². The van der Waals surface area contributed by atoms with E-state index in [1.165, 1.54) is 11.0 Å². The van der Waals surface area contributed by atoms with Gasteiger partial charge in [0.15, 0.2) is 0 Å². The quantitative estimate of drug-likeness (QED) is 0.537. The number of likely N-dealkylation sites (tertiary alicyclic amines) is 1. The van der Waals surface area contributed by atoms with Crippen LogP contribution in [0.1, 0.15) is 53.6 Å². The van der Waals surface area contributed by atoms with E-state index in [-0.39, 0.29) is 51.9 Å². The van der Waals surface area contributed by atoms with Crippen molar-refractivity contribution in [2.75, 3.05) is 31.5 Å². The van der Waals surface area contributed by atoms with Crippen LogP contribution in [0.25, 0.3) is 0 Å². The molecular formula is C26H30FN3O6S. The fourth-order valence-corrected chi connectivity index (χ4v) is 6.84. The lowest BCUT2D eigenvalue weighted by Gasteiger charge is -2.27. The molecular weight excluding hydrogens is 501 g/mol. The molecule has 2 aliphatic heterocycles. The van der Waals surface area contributed by atoms with Crippen LogP contribution in [-0.2, 0) is 21.4 Å². The summed E-state index contributed by atoms with van der Waals surface area (Å²) in [4.78, 5) is 28.5. The predicted octanol–water partition coefficient (Wildman–Crippen LogP) is 3.26. The number of carboxylic acids is 1. The number of carbonyl (C=O) groups excluding carboxylic acids is 1. The molecule has 1 saturated carbocycles. The number of likely N-dealkylation sites (N-methyl/N-ethyl adjacent to an activating group) is 2. The zero-order valence-electron chi connectivity index (χ0n) is 20.7. The van der Waals surface area contributed by atoms with Crippen LogP contribution in [0, 0.1) is 11.7 Å². The fourth-order valence-electron chi connectivity index (χ4n) is 5.55. The van der Waals surface area contributed by atoms with Gasteiger partial charge in [-0.15, -0.1) is 0 Å². The van der Waals surface area contributed by atoms with E-state index in [1.54, 1.807) is 13.1 Å². The van der Waals surface area contributed by atoms with Gasteiger partial charge >= 0.3 is 5.97 Å². The molecule has 0 spiro atoms. The third kappa shape index (κ3) is 4.77. The first kappa shape index (κ1) is 25.5. The molecule has 2 fully saturated rings. The predicted molar refractivity (Wildman–Crippen MR) is 134 cm³/mol. The van der Waals surface area contributed by atoms with Crippen LogP contribution >= 0.6 is 0 Å². The van der Waals surface area contributed by atoms with Gasteiger partial charge in [-0.1, -0.05) is 13.0 Å². The maximum atomic E-state index is 14.2. The van der Waals surface area contributed by atoms with Crippen molar-refractivity contribution in [3.63, 3.8) is 0 Å². The molecule has 0 unspecified atom stereocenters. The number of nitrogens with one attached hydrogen (secondary N) is 1. The van der Waals surface area contributed by atoms with Crippen LogP contribution < -0.4 is 9.46 Å². The molecule has 0 radical (unpaired) electrons. The number of rotatable bonds is 8. The van der Waals surface area contributed by atoms with Gasteiger partial charge in [0, 0.05) is 19.5 Å². The second kappa shape index (κ2) is 9.60. The zero-order valence-corrected chi connectivity index (χ0v) is 21.6. The van der Waals surface area contributed by atoms with Gasteiger partial charge in [-0.25, -0.2) is 17.6 Å². The summed E-state index contributed by atoms with van der Waals surface area (Å²) in [6.07, 6.45) is 2.53. The smallest absolute Gasteiger partial charge is 0.341 e. The van der Waals surface area contributed by atoms with Gasteiger partial charge in [0.2, 0.25) is 5.91 Å². The minimum atomic E-state index is -4.34. The standard InChI is InChI=1S/C26H30FN3O6S/c1-3-30-10-4-5-21(30)25(31)29(2)13-15-11-17(27)6-9-22(15)37(34,35)28-20-8-7-18-19-12-16(19)14-36-24(18)23(20)26(32)33/h6-9,11,16,19,21,28H,3-5,10,12-14H2,1-2H3,(H,32,33)/t16-,19-,21-/m1/s1. The van der Waals surface area contributed by atoms with Crippen molar-refractivity contribution in [2.24, 2.45) is 5.92 Å². The summed E-state index contributed by atoms with van der Waals surface area (Å²) in [5.41, 5.74) is 0.487. The van der Waals surface area contributed by atoms with E-state index < -0.39 is 21.8 Å². The number of ether oxygens (including phenoxy) is 1. The Hall–Kier alpha value is -3.18. The number of fused-ring (bicyclic) bond motifs is 3. The highest BCUT2D eigenvalue weighted by molar-refractivity contribution is 7.92. The van der Waals surface area contributed by atoms with Crippen LogP contribution in [0.4, 0.5) is 10.1 Å². The zero-order chi connectivity index (χ0) is 26.5. The Bertz CT molecular complexity index is 1360. The summed E-state index contributed by atoms with van der Waals surface area (Å²) in [7, 11) is -2.77. The minimum absolute atomic E-state index is 0.0938. The van der Waals surface area contributed by atoms with E-state index in [0.717, 1.165) is 49.7 Å². The molecule has 5 rings (SSSR count). The van der Waals surface area contributed by atoms with Crippen molar-refractivity contribution in [1.29, 1.82) is 0 Å². The topological polar surface area (TPSA) is 116 Å². The molecule has 198 valence electrons. The summed E-state index contributed by atoms with van der Waals surface area (Å²) in [6, 6.07) is 6.08. The highest BCUT2D eigenvalue weighted by Crippen LogP contribution is 2.55. The molecule has 1 saturated heterocycles. The Kier molecular flexibility index (Phi) is 6.61. The molecule has 3 aliphatic rings. The molecule has 2 aromatic rings.